The van der Waals surface area contributed by atoms with Crippen LogP contribution < -0.4 is 5.32 Å². The summed E-state index contributed by atoms with van der Waals surface area (Å²) in [6, 6.07) is 6.61. The quantitative estimate of drug-likeness (QED) is 0.884. The standard InChI is InChI=1S/C13H15BrN2S/c1-9(2)13(12-4-3-7-17-12)16-11-5-6-15-8-10(11)14/h3-9,13H,1-2H3,(H,15,16). The Morgan fingerprint density at radius 1 is 1.35 bits per heavy atom. The molecule has 17 heavy (non-hydrogen) atoms. The minimum absolute atomic E-state index is 0.341. The summed E-state index contributed by atoms with van der Waals surface area (Å²) in [5.74, 6) is 0.536. The minimum Gasteiger partial charge on any atom is -0.376 e. The molecule has 1 N–H and O–H groups in total. The molecular formula is C13H15BrN2S. The lowest BCUT2D eigenvalue weighted by molar-refractivity contribution is 0.553. The molecule has 1 atom stereocenters. The van der Waals surface area contributed by atoms with Crippen molar-refractivity contribution >= 4 is 33.0 Å². The zero-order valence-corrected chi connectivity index (χ0v) is 12.3. The molecule has 1 unspecified atom stereocenters. The van der Waals surface area contributed by atoms with Gasteiger partial charge in [0.1, 0.15) is 0 Å². The van der Waals surface area contributed by atoms with Crippen LogP contribution in [0.2, 0.25) is 0 Å². The van der Waals surface area contributed by atoms with E-state index < -0.39 is 0 Å². The van der Waals surface area contributed by atoms with Crippen molar-refractivity contribution in [2.24, 2.45) is 5.92 Å². The summed E-state index contributed by atoms with van der Waals surface area (Å²) in [6.07, 6.45) is 3.62. The zero-order valence-electron chi connectivity index (χ0n) is 9.85. The van der Waals surface area contributed by atoms with Crippen molar-refractivity contribution in [1.82, 2.24) is 4.98 Å². The average molecular weight is 311 g/mol. The normalized spacial score (nSPS) is 12.7. The van der Waals surface area contributed by atoms with Gasteiger partial charge in [-0.3, -0.25) is 4.98 Å². The topological polar surface area (TPSA) is 24.9 Å². The smallest absolute Gasteiger partial charge is 0.0629 e. The van der Waals surface area contributed by atoms with E-state index in [2.05, 4.69) is 57.6 Å². The maximum absolute atomic E-state index is 4.08. The van der Waals surface area contributed by atoms with Gasteiger partial charge in [-0.1, -0.05) is 19.9 Å². The highest BCUT2D eigenvalue weighted by Gasteiger charge is 2.17. The summed E-state index contributed by atoms with van der Waals surface area (Å²) in [7, 11) is 0. The molecule has 2 aromatic heterocycles. The van der Waals surface area contributed by atoms with Gasteiger partial charge < -0.3 is 5.32 Å². The Bertz CT molecular complexity index is 468. The van der Waals surface area contributed by atoms with Crippen LogP contribution in [0.3, 0.4) is 0 Å². The van der Waals surface area contributed by atoms with Crippen molar-refractivity contribution in [3.05, 3.63) is 45.3 Å². The summed E-state index contributed by atoms with van der Waals surface area (Å²) in [5, 5.41) is 5.69. The van der Waals surface area contributed by atoms with Crippen LogP contribution in [0.25, 0.3) is 0 Å². The van der Waals surface area contributed by atoms with E-state index in [9.17, 15) is 0 Å². The van der Waals surface area contributed by atoms with Crippen molar-refractivity contribution in [3.63, 3.8) is 0 Å². The SMILES string of the molecule is CC(C)C(Nc1ccncc1Br)c1cccs1. The first-order chi connectivity index (χ1) is 8.18. The van der Waals surface area contributed by atoms with Crippen LogP contribution in [0.5, 0.6) is 0 Å². The van der Waals surface area contributed by atoms with E-state index in [1.807, 2.05) is 12.3 Å². The minimum atomic E-state index is 0.341. The van der Waals surface area contributed by atoms with E-state index in [4.69, 9.17) is 0 Å². The van der Waals surface area contributed by atoms with E-state index in [0.717, 1.165) is 10.2 Å². The van der Waals surface area contributed by atoms with Crippen molar-refractivity contribution in [2.75, 3.05) is 5.32 Å². The summed E-state index contributed by atoms with van der Waals surface area (Å²) in [6.45, 7) is 4.46. The Labute approximate surface area is 114 Å². The first-order valence-corrected chi connectivity index (χ1v) is 7.25. The summed E-state index contributed by atoms with van der Waals surface area (Å²) in [4.78, 5) is 5.44. The number of nitrogens with zero attached hydrogens (tertiary/aromatic N) is 1. The number of hydrogen-bond acceptors (Lipinski definition) is 3. The molecule has 2 nitrogen and oxygen atoms in total. The third kappa shape index (κ3) is 3.07. The number of nitrogens with one attached hydrogen (secondary N) is 1. The first-order valence-electron chi connectivity index (χ1n) is 5.58. The Morgan fingerprint density at radius 3 is 2.76 bits per heavy atom. The van der Waals surface area contributed by atoms with Crippen LogP contribution in [0, 0.1) is 5.92 Å². The molecule has 2 aromatic rings. The van der Waals surface area contributed by atoms with Gasteiger partial charge in [0.25, 0.3) is 0 Å². The van der Waals surface area contributed by atoms with E-state index >= 15 is 0 Å². The maximum Gasteiger partial charge on any atom is 0.0629 e. The molecule has 0 radical (unpaired) electrons. The van der Waals surface area contributed by atoms with Gasteiger partial charge in [-0.25, -0.2) is 0 Å². The van der Waals surface area contributed by atoms with Gasteiger partial charge in [-0.2, -0.15) is 0 Å². The molecular weight excluding hydrogens is 296 g/mol. The highest BCUT2D eigenvalue weighted by atomic mass is 79.9. The number of pyridine rings is 1. The van der Waals surface area contributed by atoms with Crippen LogP contribution in [-0.4, -0.2) is 4.98 Å². The lowest BCUT2D eigenvalue weighted by Crippen LogP contribution is -2.15. The zero-order chi connectivity index (χ0) is 12.3. The number of hydrogen-bond donors (Lipinski definition) is 1. The monoisotopic (exact) mass is 310 g/mol. The van der Waals surface area contributed by atoms with E-state index in [1.165, 1.54) is 4.88 Å². The average Bonchev–Trinajstić information content (AvgIpc) is 2.81. The second kappa shape index (κ2) is 5.65. The van der Waals surface area contributed by atoms with Gasteiger partial charge in [0.05, 0.1) is 16.2 Å². The number of rotatable bonds is 4. The van der Waals surface area contributed by atoms with Crippen molar-refractivity contribution < 1.29 is 0 Å². The third-order valence-corrected chi connectivity index (χ3v) is 4.19. The van der Waals surface area contributed by atoms with Crippen LogP contribution in [0.1, 0.15) is 24.8 Å². The Morgan fingerprint density at radius 2 is 2.18 bits per heavy atom. The molecule has 90 valence electrons. The fraction of sp³-hybridized carbons (Fsp3) is 0.308. The van der Waals surface area contributed by atoms with E-state index in [0.29, 0.717) is 12.0 Å². The lowest BCUT2D eigenvalue weighted by Gasteiger charge is -2.23. The van der Waals surface area contributed by atoms with Crippen LogP contribution >= 0.6 is 27.3 Å². The molecule has 0 spiro atoms. The van der Waals surface area contributed by atoms with Gasteiger partial charge in [-0.15, -0.1) is 11.3 Å². The highest BCUT2D eigenvalue weighted by Crippen LogP contribution is 2.32. The van der Waals surface area contributed by atoms with Crippen molar-refractivity contribution in [3.8, 4) is 0 Å². The molecule has 4 heteroatoms. The molecule has 0 aromatic carbocycles. The lowest BCUT2D eigenvalue weighted by atomic mass is 10.0. The van der Waals surface area contributed by atoms with Gasteiger partial charge in [0.2, 0.25) is 0 Å². The molecule has 0 aliphatic heterocycles. The molecule has 0 aliphatic carbocycles. The van der Waals surface area contributed by atoms with Crippen molar-refractivity contribution in [2.45, 2.75) is 19.9 Å². The molecule has 0 amide bonds. The fourth-order valence-electron chi connectivity index (χ4n) is 1.69. The number of halogens is 1. The second-order valence-electron chi connectivity index (χ2n) is 4.24. The first kappa shape index (κ1) is 12.6. The maximum atomic E-state index is 4.08. The number of aromatic nitrogens is 1. The number of anilines is 1. The second-order valence-corrected chi connectivity index (χ2v) is 6.07. The molecule has 0 fully saturated rings. The largest absolute Gasteiger partial charge is 0.376 e. The molecule has 0 saturated carbocycles. The van der Waals surface area contributed by atoms with Gasteiger partial charge >= 0.3 is 0 Å². The number of thiophene rings is 1. The Balaban J connectivity index is 2.23. The van der Waals surface area contributed by atoms with Crippen LogP contribution in [-0.2, 0) is 0 Å². The van der Waals surface area contributed by atoms with Crippen molar-refractivity contribution in [1.29, 1.82) is 0 Å². The fourth-order valence-corrected chi connectivity index (χ4v) is 3.01. The molecule has 0 saturated heterocycles. The molecule has 0 bridgehead atoms. The molecule has 0 aliphatic rings. The third-order valence-electron chi connectivity index (χ3n) is 2.60. The van der Waals surface area contributed by atoms with Gasteiger partial charge in [-0.05, 0) is 39.4 Å². The summed E-state index contributed by atoms with van der Waals surface area (Å²) in [5.41, 5.74) is 1.09. The predicted octanol–water partition coefficient (Wildman–Crippen LogP) is 4.71. The van der Waals surface area contributed by atoms with Gasteiger partial charge in [0, 0.05) is 17.3 Å². The van der Waals surface area contributed by atoms with Crippen LogP contribution in [0.4, 0.5) is 5.69 Å². The van der Waals surface area contributed by atoms with E-state index in [1.54, 1.807) is 17.5 Å². The summed E-state index contributed by atoms with van der Waals surface area (Å²) >= 11 is 5.31. The molecule has 2 rings (SSSR count). The Kier molecular flexibility index (Phi) is 4.18. The summed E-state index contributed by atoms with van der Waals surface area (Å²) < 4.78 is 1.00. The molecule has 2 heterocycles. The van der Waals surface area contributed by atoms with Crippen LogP contribution in [0.15, 0.2) is 40.4 Å². The Hall–Kier alpha value is -0.870. The highest BCUT2D eigenvalue weighted by molar-refractivity contribution is 9.10. The van der Waals surface area contributed by atoms with E-state index in [-0.39, 0.29) is 0 Å². The van der Waals surface area contributed by atoms with Gasteiger partial charge in [0.15, 0.2) is 0 Å². The predicted molar refractivity (Wildman–Crippen MR) is 77.5 cm³/mol.